The second-order valence-electron chi connectivity index (χ2n) is 4.28. The molecule has 1 aliphatic heterocycles. The van der Waals surface area contributed by atoms with Crippen LogP contribution in [-0.2, 0) is 9.53 Å². The third kappa shape index (κ3) is 7.13. The lowest BCUT2D eigenvalue weighted by Gasteiger charge is -2.22. The molecule has 4 nitrogen and oxygen atoms in total. The van der Waals surface area contributed by atoms with Crippen molar-refractivity contribution in [1.29, 1.82) is 0 Å². The highest BCUT2D eigenvalue weighted by molar-refractivity contribution is 5.75. The maximum absolute atomic E-state index is 11.4. The van der Waals surface area contributed by atoms with Crippen molar-refractivity contribution in [2.45, 2.75) is 38.7 Å². The van der Waals surface area contributed by atoms with Crippen LogP contribution >= 0.6 is 0 Å². The van der Waals surface area contributed by atoms with E-state index in [2.05, 4.69) is 10.6 Å². The van der Waals surface area contributed by atoms with Crippen LogP contribution in [-0.4, -0.2) is 38.3 Å². The summed E-state index contributed by atoms with van der Waals surface area (Å²) in [5.41, 5.74) is 0. The van der Waals surface area contributed by atoms with Crippen LogP contribution in [0.5, 0.6) is 0 Å². The highest BCUT2D eigenvalue weighted by Gasteiger charge is 2.13. The van der Waals surface area contributed by atoms with Gasteiger partial charge >= 0.3 is 0 Å². The van der Waals surface area contributed by atoms with Crippen molar-refractivity contribution >= 4 is 5.91 Å². The van der Waals surface area contributed by atoms with E-state index in [1.54, 1.807) is 0 Å². The minimum absolute atomic E-state index is 0.0865. The van der Waals surface area contributed by atoms with Gasteiger partial charge in [-0.2, -0.15) is 0 Å². The summed E-state index contributed by atoms with van der Waals surface area (Å²) in [6, 6.07) is 0. The van der Waals surface area contributed by atoms with E-state index < -0.39 is 0 Å². The Labute approximate surface area is 104 Å². The van der Waals surface area contributed by atoms with Crippen LogP contribution < -0.4 is 10.6 Å². The van der Waals surface area contributed by atoms with Crippen LogP contribution in [0.4, 0.5) is 0 Å². The number of amides is 1. The molecule has 0 bridgehead atoms. The van der Waals surface area contributed by atoms with Crippen molar-refractivity contribution in [2.75, 3.05) is 26.2 Å². The highest BCUT2D eigenvalue weighted by atomic mass is 16.5. The molecule has 98 valence electrons. The fourth-order valence-corrected chi connectivity index (χ4v) is 1.83. The maximum Gasteiger partial charge on any atom is 0.222 e. The summed E-state index contributed by atoms with van der Waals surface area (Å²) in [6.07, 6.45) is 7.87. The van der Waals surface area contributed by atoms with E-state index in [1.165, 1.54) is 0 Å². The number of piperidine rings is 1. The second kappa shape index (κ2) is 9.19. The van der Waals surface area contributed by atoms with Crippen molar-refractivity contribution in [1.82, 2.24) is 10.6 Å². The Kier molecular flexibility index (Phi) is 7.67. The molecule has 1 saturated heterocycles. The lowest BCUT2D eigenvalue weighted by Crippen LogP contribution is -2.33. The summed E-state index contributed by atoms with van der Waals surface area (Å²) < 4.78 is 5.67. The van der Waals surface area contributed by atoms with Gasteiger partial charge in [-0.1, -0.05) is 12.2 Å². The molecule has 0 aromatic carbocycles. The van der Waals surface area contributed by atoms with Gasteiger partial charge < -0.3 is 15.4 Å². The lowest BCUT2D eigenvalue weighted by atomic mass is 10.1. The molecule has 0 atom stereocenters. The molecule has 0 aromatic heterocycles. The van der Waals surface area contributed by atoms with E-state index in [1.807, 2.05) is 19.1 Å². The van der Waals surface area contributed by atoms with Gasteiger partial charge in [-0.05, 0) is 39.3 Å². The van der Waals surface area contributed by atoms with Crippen LogP contribution in [0.25, 0.3) is 0 Å². The third-order valence-electron chi connectivity index (χ3n) is 2.84. The Morgan fingerprint density at radius 1 is 1.47 bits per heavy atom. The smallest absolute Gasteiger partial charge is 0.222 e. The number of ether oxygens (including phenoxy) is 1. The number of carbonyl (C=O) groups excluding carboxylic acids is 1. The summed E-state index contributed by atoms with van der Waals surface area (Å²) >= 11 is 0. The molecule has 0 unspecified atom stereocenters. The lowest BCUT2D eigenvalue weighted by molar-refractivity contribution is -0.122. The molecule has 0 aliphatic carbocycles. The van der Waals surface area contributed by atoms with Crippen LogP contribution in [0, 0.1) is 0 Å². The molecular formula is C13H24N2O2. The Morgan fingerprint density at radius 2 is 2.24 bits per heavy atom. The van der Waals surface area contributed by atoms with E-state index in [0.717, 1.165) is 38.9 Å². The van der Waals surface area contributed by atoms with Gasteiger partial charge in [-0.25, -0.2) is 0 Å². The molecule has 2 N–H and O–H groups in total. The van der Waals surface area contributed by atoms with E-state index in [9.17, 15) is 4.79 Å². The van der Waals surface area contributed by atoms with Gasteiger partial charge in [-0.3, -0.25) is 4.79 Å². The van der Waals surface area contributed by atoms with E-state index in [0.29, 0.717) is 19.1 Å². The van der Waals surface area contributed by atoms with Crippen molar-refractivity contribution in [3.05, 3.63) is 12.2 Å². The maximum atomic E-state index is 11.4. The van der Waals surface area contributed by atoms with Gasteiger partial charge in [0.1, 0.15) is 0 Å². The zero-order valence-corrected chi connectivity index (χ0v) is 10.7. The fourth-order valence-electron chi connectivity index (χ4n) is 1.83. The Hall–Kier alpha value is -0.870. The fraction of sp³-hybridized carbons (Fsp3) is 0.769. The molecular weight excluding hydrogens is 216 g/mol. The monoisotopic (exact) mass is 240 g/mol. The average molecular weight is 240 g/mol. The Bertz CT molecular complexity index is 236. The number of hydrogen-bond acceptors (Lipinski definition) is 3. The Balaban J connectivity index is 1.95. The van der Waals surface area contributed by atoms with Gasteiger partial charge in [0.2, 0.25) is 5.91 Å². The highest BCUT2D eigenvalue weighted by Crippen LogP contribution is 2.07. The molecule has 17 heavy (non-hydrogen) atoms. The summed E-state index contributed by atoms with van der Waals surface area (Å²) in [6.45, 7) is 5.30. The van der Waals surface area contributed by atoms with Gasteiger partial charge in [0.25, 0.3) is 0 Å². The number of nitrogens with one attached hydrogen (secondary N) is 2. The predicted molar refractivity (Wildman–Crippen MR) is 68.9 cm³/mol. The minimum atomic E-state index is 0.0865. The van der Waals surface area contributed by atoms with E-state index >= 15 is 0 Å². The van der Waals surface area contributed by atoms with E-state index in [-0.39, 0.29) is 5.91 Å². The van der Waals surface area contributed by atoms with Crippen molar-refractivity contribution < 1.29 is 9.53 Å². The van der Waals surface area contributed by atoms with Crippen molar-refractivity contribution in [3.8, 4) is 0 Å². The normalized spacial score (nSPS) is 17.5. The van der Waals surface area contributed by atoms with Crippen LogP contribution in [0.3, 0.4) is 0 Å². The molecule has 0 aromatic rings. The number of rotatable bonds is 7. The molecule has 1 amide bonds. The Morgan fingerprint density at radius 3 is 2.94 bits per heavy atom. The summed E-state index contributed by atoms with van der Waals surface area (Å²) in [7, 11) is 0. The largest absolute Gasteiger partial charge is 0.378 e. The standard InChI is InChI=1S/C13H24N2O2/c1-2-3-4-8-15-13(16)7-11-17-12-5-9-14-10-6-12/h2-3,12,14H,4-11H2,1H3,(H,15,16)/b3-2+. The van der Waals surface area contributed by atoms with Crippen LogP contribution in [0.15, 0.2) is 12.2 Å². The quantitative estimate of drug-likeness (QED) is 0.520. The predicted octanol–water partition coefficient (Wildman–Crippen LogP) is 1.23. The summed E-state index contributed by atoms with van der Waals surface area (Å²) in [5.74, 6) is 0.0865. The molecule has 4 heteroatoms. The SMILES string of the molecule is C/C=C/CCNC(=O)CCOC1CCNCC1. The minimum Gasteiger partial charge on any atom is -0.378 e. The third-order valence-corrected chi connectivity index (χ3v) is 2.84. The molecule has 0 saturated carbocycles. The van der Waals surface area contributed by atoms with Gasteiger partial charge in [-0.15, -0.1) is 0 Å². The van der Waals surface area contributed by atoms with Crippen molar-refractivity contribution in [3.63, 3.8) is 0 Å². The average Bonchev–Trinajstić information content (AvgIpc) is 2.36. The topological polar surface area (TPSA) is 50.4 Å². The summed E-state index contributed by atoms with van der Waals surface area (Å²) in [5, 5.41) is 6.16. The number of hydrogen-bond donors (Lipinski definition) is 2. The van der Waals surface area contributed by atoms with Gasteiger partial charge in [0, 0.05) is 13.0 Å². The van der Waals surface area contributed by atoms with Crippen molar-refractivity contribution in [2.24, 2.45) is 0 Å². The van der Waals surface area contributed by atoms with Gasteiger partial charge in [0.05, 0.1) is 12.7 Å². The first kappa shape index (κ1) is 14.2. The first-order chi connectivity index (χ1) is 8.33. The first-order valence-electron chi connectivity index (χ1n) is 6.53. The summed E-state index contributed by atoms with van der Waals surface area (Å²) in [4.78, 5) is 11.4. The molecule has 1 rings (SSSR count). The molecule has 1 aliphatic rings. The zero-order valence-electron chi connectivity index (χ0n) is 10.7. The van der Waals surface area contributed by atoms with Gasteiger partial charge in [0.15, 0.2) is 0 Å². The molecule has 0 spiro atoms. The molecule has 1 heterocycles. The molecule has 0 radical (unpaired) electrons. The first-order valence-corrected chi connectivity index (χ1v) is 6.53. The number of allylic oxidation sites excluding steroid dienone is 1. The van der Waals surface area contributed by atoms with Crippen LogP contribution in [0.2, 0.25) is 0 Å². The van der Waals surface area contributed by atoms with Crippen LogP contribution in [0.1, 0.15) is 32.6 Å². The zero-order chi connectivity index (χ0) is 12.3. The second-order valence-corrected chi connectivity index (χ2v) is 4.28. The number of carbonyl (C=O) groups is 1. The van der Waals surface area contributed by atoms with E-state index in [4.69, 9.17) is 4.74 Å². The molecule has 1 fully saturated rings.